The van der Waals surface area contributed by atoms with Crippen molar-refractivity contribution in [2.24, 2.45) is 0 Å². The molecule has 0 rings (SSSR count). The number of rotatable bonds is 8. The average Bonchev–Trinajstić information content (AvgIpc) is 2.27. The van der Waals surface area contributed by atoms with E-state index in [4.69, 9.17) is 9.05 Å². The topological polar surface area (TPSA) is 73.9 Å². The standard InChI is InChI=1S/C10H20NO5P/c1-5-14-10(12)11-8-9(4)17(13,15-6-2)16-7-3/h4-8H2,1-3H3,(H,11,12). The van der Waals surface area contributed by atoms with E-state index in [1.807, 2.05) is 0 Å². The molecule has 0 aromatic carbocycles. The lowest BCUT2D eigenvalue weighted by molar-refractivity contribution is 0.153. The molecule has 0 radical (unpaired) electrons. The first-order valence-electron chi connectivity index (χ1n) is 5.48. The summed E-state index contributed by atoms with van der Waals surface area (Å²) < 4.78 is 26.9. The first-order chi connectivity index (χ1) is 8.00. The Morgan fingerprint density at radius 3 is 2.12 bits per heavy atom. The molecule has 7 heteroatoms. The molecule has 0 aromatic heterocycles. The molecule has 0 saturated heterocycles. The van der Waals surface area contributed by atoms with Crippen LogP contribution in [-0.2, 0) is 18.3 Å². The molecule has 0 aliphatic carbocycles. The number of ether oxygens (including phenoxy) is 1. The molecule has 0 aliphatic heterocycles. The predicted molar refractivity (Wildman–Crippen MR) is 65.0 cm³/mol. The van der Waals surface area contributed by atoms with E-state index in [0.29, 0.717) is 0 Å². The summed E-state index contributed by atoms with van der Waals surface area (Å²) in [6, 6.07) is 0. The van der Waals surface area contributed by atoms with Crippen LogP contribution in [0.5, 0.6) is 0 Å². The van der Waals surface area contributed by atoms with Gasteiger partial charge in [-0.1, -0.05) is 6.58 Å². The Balaban J connectivity index is 4.34. The van der Waals surface area contributed by atoms with Gasteiger partial charge >= 0.3 is 13.7 Å². The van der Waals surface area contributed by atoms with E-state index < -0.39 is 13.7 Å². The maximum Gasteiger partial charge on any atom is 0.407 e. The number of nitrogens with one attached hydrogen (secondary N) is 1. The molecule has 6 nitrogen and oxygen atoms in total. The van der Waals surface area contributed by atoms with Crippen molar-refractivity contribution in [2.45, 2.75) is 20.8 Å². The van der Waals surface area contributed by atoms with Crippen molar-refractivity contribution < 1.29 is 23.1 Å². The van der Waals surface area contributed by atoms with Crippen LogP contribution in [0.25, 0.3) is 0 Å². The van der Waals surface area contributed by atoms with E-state index in [0.717, 1.165) is 0 Å². The molecule has 0 bridgehead atoms. The van der Waals surface area contributed by atoms with Crippen LogP contribution in [0.3, 0.4) is 0 Å². The molecule has 0 atom stereocenters. The number of hydrogen-bond donors (Lipinski definition) is 1. The van der Waals surface area contributed by atoms with E-state index in [2.05, 4.69) is 16.6 Å². The van der Waals surface area contributed by atoms with Gasteiger partial charge in [-0.15, -0.1) is 0 Å². The second-order valence-electron chi connectivity index (χ2n) is 2.97. The van der Waals surface area contributed by atoms with Gasteiger partial charge in [0.15, 0.2) is 0 Å². The monoisotopic (exact) mass is 265 g/mol. The second-order valence-corrected chi connectivity index (χ2v) is 5.12. The molecule has 100 valence electrons. The van der Waals surface area contributed by atoms with Crippen LogP contribution < -0.4 is 5.32 Å². The fourth-order valence-electron chi connectivity index (χ4n) is 1.01. The lowest BCUT2D eigenvalue weighted by Crippen LogP contribution is -2.26. The van der Waals surface area contributed by atoms with E-state index in [1.54, 1.807) is 20.8 Å². The minimum atomic E-state index is -3.35. The molecule has 17 heavy (non-hydrogen) atoms. The van der Waals surface area contributed by atoms with E-state index >= 15 is 0 Å². The van der Waals surface area contributed by atoms with Gasteiger partial charge in [0, 0.05) is 0 Å². The van der Waals surface area contributed by atoms with Gasteiger partial charge in [-0.3, -0.25) is 4.57 Å². The summed E-state index contributed by atoms with van der Waals surface area (Å²) in [5.41, 5.74) is 0. The quantitative estimate of drug-likeness (QED) is 0.682. The third-order valence-corrected chi connectivity index (χ3v) is 3.83. The Bertz CT molecular complexity index is 295. The van der Waals surface area contributed by atoms with Gasteiger partial charge in [0.05, 0.1) is 31.7 Å². The summed E-state index contributed by atoms with van der Waals surface area (Å²) in [5.74, 6) is 0. The molecule has 0 heterocycles. The van der Waals surface area contributed by atoms with Crippen molar-refractivity contribution in [2.75, 3.05) is 26.4 Å². The van der Waals surface area contributed by atoms with Crippen LogP contribution in [-0.4, -0.2) is 32.5 Å². The Hall–Kier alpha value is -0.840. The van der Waals surface area contributed by atoms with Gasteiger partial charge in [-0.25, -0.2) is 4.79 Å². The van der Waals surface area contributed by atoms with Gasteiger partial charge in [0.25, 0.3) is 0 Å². The zero-order chi connectivity index (χ0) is 13.3. The van der Waals surface area contributed by atoms with Crippen molar-refractivity contribution in [3.63, 3.8) is 0 Å². The largest absolute Gasteiger partial charge is 0.450 e. The summed E-state index contributed by atoms with van der Waals surface area (Å²) in [6.45, 7) is 9.48. The highest BCUT2D eigenvalue weighted by atomic mass is 31.2. The summed E-state index contributed by atoms with van der Waals surface area (Å²) in [6.07, 6.45) is -0.590. The van der Waals surface area contributed by atoms with Crippen molar-refractivity contribution >= 4 is 13.7 Å². The van der Waals surface area contributed by atoms with Crippen molar-refractivity contribution in [3.8, 4) is 0 Å². The molecule has 0 fully saturated rings. The highest BCUT2D eigenvalue weighted by Gasteiger charge is 2.27. The zero-order valence-electron chi connectivity index (χ0n) is 10.5. The fraction of sp³-hybridized carbons (Fsp3) is 0.700. The Morgan fingerprint density at radius 2 is 1.71 bits per heavy atom. The third-order valence-electron chi connectivity index (χ3n) is 1.70. The SMILES string of the molecule is C=C(CNC(=O)OCC)P(=O)(OCC)OCC. The normalized spacial score (nSPS) is 11.0. The van der Waals surface area contributed by atoms with Gasteiger partial charge in [-0.05, 0) is 20.8 Å². The first kappa shape index (κ1) is 16.2. The number of amides is 1. The molecule has 0 aromatic rings. The highest BCUT2D eigenvalue weighted by molar-refractivity contribution is 7.58. The predicted octanol–water partition coefficient (Wildman–Crippen LogP) is 2.51. The maximum absolute atomic E-state index is 12.1. The summed E-state index contributed by atoms with van der Waals surface area (Å²) in [5, 5.41) is 2.62. The maximum atomic E-state index is 12.1. The Labute approximate surface area is 102 Å². The molecule has 0 spiro atoms. The summed E-state index contributed by atoms with van der Waals surface area (Å²) in [7, 11) is -3.35. The average molecular weight is 265 g/mol. The second kappa shape index (κ2) is 8.28. The van der Waals surface area contributed by atoms with Crippen molar-refractivity contribution in [1.82, 2.24) is 5.32 Å². The lowest BCUT2D eigenvalue weighted by Gasteiger charge is -2.19. The molecule has 0 unspecified atom stereocenters. The fourth-order valence-corrected chi connectivity index (χ4v) is 2.41. The molecule has 0 aliphatic rings. The van der Waals surface area contributed by atoms with Crippen molar-refractivity contribution in [1.29, 1.82) is 0 Å². The number of alkyl carbamates (subject to hydrolysis) is 1. The van der Waals surface area contributed by atoms with Crippen LogP contribution >= 0.6 is 7.60 Å². The van der Waals surface area contributed by atoms with E-state index in [9.17, 15) is 9.36 Å². The van der Waals surface area contributed by atoms with Crippen LogP contribution in [0.4, 0.5) is 4.79 Å². The van der Waals surface area contributed by atoms with Crippen LogP contribution in [0.1, 0.15) is 20.8 Å². The zero-order valence-corrected chi connectivity index (χ0v) is 11.4. The number of hydrogen-bond acceptors (Lipinski definition) is 5. The molecular formula is C10H20NO5P. The van der Waals surface area contributed by atoms with E-state index in [-0.39, 0.29) is 31.7 Å². The lowest BCUT2D eigenvalue weighted by atomic mass is 10.6. The van der Waals surface area contributed by atoms with Gasteiger partial charge in [-0.2, -0.15) is 0 Å². The first-order valence-corrected chi connectivity index (χ1v) is 7.02. The summed E-state index contributed by atoms with van der Waals surface area (Å²) >= 11 is 0. The minimum Gasteiger partial charge on any atom is -0.450 e. The molecular weight excluding hydrogens is 245 g/mol. The van der Waals surface area contributed by atoms with Gasteiger partial charge in [0.2, 0.25) is 0 Å². The Morgan fingerprint density at radius 1 is 1.18 bits per heavy atom. The minimum absolute atomic E-state index is 0.00386. The van der Waals surface area contributed by atoms with Gasteiger partial charge < -0.3 is 19.1 Å². The number of carbonyl (C=O) groups is 1. The van der Waals surface area contributed by atoms with Crippen molar-refractivity contribution in [3.05, 3.63) is 11.9 Å². The van der Waals surface area contributed by atoms with E-state index in [1.165, 1.54) is 0 Å². The summed E-state index contributed by atoms with van der Waals surface area (Å²) in [4.78, 5) is 11.0. The molecule has 1 N–H and O–H groups in total. The van der Waals surface area contributed by atoms with Crippen LogP contribution in [0.2, 0.25) is 0 Å². The third kappa shape index (κ3) is 5.86. The number of carbonyl (C=O) groups excluding carboxylic acids is 1. The Kier molecular flexibility index (Phi) is 7.87. The smallest absolute Gasteiger partial charge is 0.407 e. The molecule has 1 amide bonds. The highest BCUT2D eigenvalue weighted by Crippen LogP contribution is 2.54. The van der Waals surface area contributed by atoms with Crippen LogP contribution in [0, 0.1) is 0 Å². The van der Waals surface area contributed by atoms with Crippen LogP contribution in [0.15, 0.2) is 11.9 Å². The van der Waals surface area contributed by atoms with Gasteiger partial charge in [0.1, 0.15) is 0 Å². The molecule has 0 saturated carbocycles.